The molecule has 0 bridgehead atoms. The molecule has 1 unspecified atom stereocenters. The van der Waals surface area contributed by atoms with Crippen molar-refractivity contribution in [3.63, 3.8) is 0 Å². The van der Waals surface area contributed by atoms with Crippen LogP contribution in [0.4, 0.5) is 0 Å². The zero-order valence-corrected chi connectivity index (χ0v) is 50.5. The molecule has 0 aromatic carbocycles. The first-order valence-corrected chi connectivity index (χ1v) is 32.5. The Bertz CT molecular complexity index is 1170. The minimum absolute atomic E-state index is 0.0872. The Morgan fingerprint density at radius 1 is 0.288 bits per heavy atom. The van der Waals surface area contributed by atoms with Gasteiger partial charge in [-0.1, -0.05) is 259 Å². The highest BCUT2D eigenvalue weighted by Gasteiger charge is 2.21. The Morgan fingerprint density at radius 3 is 0.836 bits per heavy atom. The number of amides is 2. The fourth-order valence-electron chi connectivity index (χ4n) is 10.5. The van der Waals surface area contributed by atoms with Crippen molar-refractivity contribution in [2.75, 3.05) is 86.1 Å². The molecule has 0 aromatic heterocycles. The molecule has 0 heterocycles. The van der Waals surface area contributed by atoms with Crippen molar-refractivity contribution in [1.29, 1.82) is 0 Å². The van der Waals surface area contributed by atoms with Gasteiger partial charge in [-0.25, -0.2) is 0 Å². The van der Waals surface area contributed by atoms with Crippen LogP contribution in [-0.4, -0.2) is 133 Å². The molecule has 9 heteroatoms. The van der Waals surface area contributed by atoms with Gasteiger partial charge in [-0.2, -0.15) is 0 Å². The van der Waals surface area contributed by atoms with Gasteiger partial charge in [0.2, 0.25) is 11.8 Å². The first kappa shape index (κ1) is 71.3. The number of nitrogens with zero attached hydrogens (tertiary/aromatic N) is 5. The number of aliphatic carboxylic acids is 1. The van der Waals surface area contributed by atoms with Crippen LogP contribution in [0.3, 0.4) is 0 Å². The molecule has 0 fully saturated rings. The average molecular weight is 1030 g/mol. The second kappa shape index (κ2) is 55.1. The molecular formula is C64H129N5O4. The smallest absolute Gasteiger partial charge is 0.306 e. The Balaban J connectivity index is 5.52. The van der Waals surface area contributed by atoms with Crippen LogP contribution in [0.15, 0.2) is 0 Å². The van der Waals surface area contributed by atoms with Crippen LogP contribution in [0.5, 0.6) is 0 Å². The van der Waals surface area contributed by atoms with Crippen LogP contribution >= 0.6 is 0 Å². The highest BCUT2D eigenvalue weighted by Crippen LogP contribution is 2.19. The Labute approximate surface area is 456 Å². The van der Waals surface area contributed by atoms with Crippen molar-refractivity contribution in [3.8, 4) is 0 Å². The summed E-state index contributed by atoms with van der Waals surface area (Å²) in [6.45, 7) is 20.1. The summed E-state index contributed by atoms with van der Waals surface area (Å²) in [5.41, 5.74) is 0. The van der Waals surface area contributed by atoms with Gasteiger partial charge in [-0.3, -0.25) is 24.2 Å². The zero-order chi connectivity index (χ0) is 53.7. The molecule has 1 atom stereocenters. The topological polar surface area (TPSA) is 87.6 Å². The summed E-state index contributed by atoms with van der Waals surface area (Å²) in [7, 11) is 3.81. The van der Waals surface area contributed by atoms with Gasteiger partial charge in [0.25, 0.3) is 0 Å². The number of likely N-dealkylation sites (N-methyl/N-ethyl adjacent to an activating group) is 2. The fraction of sp³-hybridized carbons (Fsp3) is 0.953. The number of carbonyl (C=O) groups is 3. The molecule has 0 aliphatic carbocycles. The van der Waals surface area contributed by atoms with Crippen molar-refractivity contribution in [1.82, 2.24) is 24.5 Å². The second-order valence-electron chi connectivity index (χ2n) is 23.0. The maximum absolute atomic E-state index is 14.0. The van der Waals surface area contributed by atoms with Gasteiger partial charge in [-0.15, -0.1) is 0 Å². The third kappa shape index (κ3) is 47.3. The van der Waals surface area contributed by atoms with Crippen molar-refractivity contribution in [2.45, 2.75) is 304 Å². The Morgan fingerprint density at radius 2 is 0.521 bits per heavy atom. The molecule has 0 aromatic rings. The number of carbonyl (C=O) groups excluding carboxylic acids is 2. The maximum Gasteiger partial charge on any atom is 0.306 e. The third-order valence-electron chi connectivity index (χ3n) is 15.9. The lowest BCUT2D eigenvalue weighted by Crippen LogP contribution is -2.45. The molecule has 0 aliphatic rings. The van der Waals surface area contributed by atoms with Crippen molar-refractivity contribution >= 4 is 17.8 Å². The standard InChI is InChI=1S/C64H129N5O4/c1-8-13-18-23-28-29-30-31-32-36-41-45-52-68(54-47-49-61(64(72)73)48-42-37-27-22-17-12-5)59-62(70)65(6)55-56-66(7)63(71)60-69(53-46-40-35-26-21-16-11-4)58-57-67(50-43-38-33-24-19-14-9-2)51-44-39-34-25-20-15-10-3/h61H,8-60H2,1-7H3,(H,72,73). The predicted molar refractivity (Wildman–Crippen MR) is 318 cm³/mol. The fourth-order valence-corrected chi connectivity index (χ4v) is 10.5. The molecule has 0 rings (SSSR count). The van der Waals surface area contributed by atoms with Gasteiger partial charge < -0.3 is 19.8 Å². The molecule has 0 spiro atoms. The van der Waals surface area contributed by atoms with E-state index in [0.29, 0.717) is 32.6 Å². The van der Waals surface area contributed by atoms with Crippen LogP contribution in [0, 0.1) is 5.92 Å². The highest BCUT2D eigenvalue weighted by atomic mass is 16.4. The van der Waals surface area contributed by atoms with E-state index in [0.717, 1.165) is 71.2 Å². The predicted octanol–water partition coefficient (Wildman–Crippen LogP) is 17.0. The van der Waals surface area contributed by atoms with Crippen molar-refractivity contribution < 1.29 is 19.5 Å². The van der Waals surface area contributed by atoms with E-state index >= 15 is 0 Å². The number of carboxylic acids is 1. The van der Waals surface area contributed by atoms with E-state index in [9.17, 15) is 19.5 Å². The highest BCUT2D eigenvalue weighted by molar-refractivity contribution is 5.79. The largest absolute Gasteiger partial charge is 0.481 e. The summed E-state index contributed by atoms with van der Waals surface area (Å²) in [4.78, 5) is 51.2. The van der Waals surface area contributed by atoms with Crippen molar-refractivity contribution in [3.05, 3.63) is 0 Å². The second-order valence-corrected chi connectivity index (χ2v) is 23.0. The molecule has 434 valence electrons. The normalized spacial score (nSPS) is 12.2. The number of rotatable bonds is 59. The number of hydrogen-bond donors (Lipinski definition) is 1. The molecule has 9 nitrogen and oxygen atoms in total. The first-order valence-electron chi connectivity index (χ1n) is 32.5. The van der Waals surface area contributed by atoms with Crippen LogP contribution in [0.1, 0.15) is 304 Å². The lowest BCUT2D eigenvalue weighted by molar-refractivity contribution is -0.142. The Hall–Kier alpha value is -1.71. The molecule has 0 saturated heterocycles. The number of carboxylic acid groups (broad SMARTS) is 1. The SMILES string of the molecule is CCCCCCCCCCCCCCN(CCCC(CCCCCCCC)C(=O)O)CC(=O)N(C)CCN(C)C(=O)CN(CCCCCCCCC)CCN(CCCCCCCCC)CCCCCCCCC. The van der Waals surface area contributed by atoms with Crippen LogP contribution in [0.2, 0.25) is 0 Å². The van der Waals surface area contributed by atoms with Crippen molar-refractivity contribution in [2.24, 2.45) is 5.92 Å². The number of hydrogen-bond acceptors (Lipinski definition) is 6. The molecule has 0 aliphatic heterocycles. The van der Waals surface area contributed by atoms with Gasteiger partial charge in [0, 0.05) is 40.3 Å². The maximum atomic E-state index is 14.0. The lowest BCUT2D eigenvalue weighted by atomic mass is 9.95. The van der Waals surface area contributed by atoms with Crippen LogP contribution < -0.4 is 0 Å². The minimum Gasteiger partial charge on any atom is -0.481 e. The summed E-state index contributed by atoms with van der Waals surface area (Å²) in [6.07, 6.45) is 52.4. The first-order chi connectivity index (χ1) is 35.6. The molecule has 1 N–H and O–H groups in total. The van der Waals surface area contributed by atoms with Gasteiger partial charge in [0.15, 0.2) is 0 Å². The van der Waals surface area contributed by atoms with E-state index < -0.39 is 5.97 Å². The van der Waals surface area contributed by atoms with Gasteiger partial charge in [0.05, 0.1) is 19.0 Å². The lowest BCUT2D eigenvalue weighted by Gasteiger charge is -2.30. The van der Waals surface area contributed by atoms with E-state index in [2.05, 4.69) is 49.3 Å². The van der Waals surface area contributed by atoms with Gasteiger partial charge >= 0.3 is 5.97 Å². The summed E-state index contributed by atoms with van der Waals surface area (Å²) in [6, 6.07) is 0. The van der Waals surface area contributed by atoms with Gasteiger partial charge in [0.1, 0.15) is 0 Å². The summed E-state index contributed by atoms with van der Waals surface area (Å²) in [5.74, 6) is -0.737. The summed E-state index contributed by atoms with van der Waals surface area (Å²) < 4.78 is 0. The van der Waals surface area contributed by atoms with Crippen LogP contribution in [-0.2, 0) is 14.4 Å². The number of unbranched alkanes of at least 4 members (excludes halogenated alkanes) is 34. The van der Waals surface area contributed by atoms with E-state index in [1.54, 1.807) is 0 Å². The van der Waals surface area contributed by atoms with E-state index in [1.807, 2.05) is 23.9 Å². The average Bonchev–Trinajstić information content (AvgIpc) is 3.38. The minimum atomic E-state index is -0.670. The monoisotopic (exact) mass is 1030 g/mol. The molecule has 0 saturated carbocycles. The van der Waals surface area contributed by atoms with Gasteiger partial charge in [-0.05, 0) is 77.7 Å². The summed E-state index contributed by atoms with van der Waals surface area (Å²) >= 11 is 0. The van der Waals surface area contributed by atoms with E-state index in [-0.39, 0.29) is 17.7 Å². The zero-order valence-electron chi connectivity index (χ0n) is 50.5. The molecule has 73 heavy (non-hydrogen) atoms. The van der Waals surface area contributed by atoms with Crippen LogP contribution in [0.25, 0.3) is 0 Å². The molecule has 0 radical (unpaired) electrons. The van der Waals surface area contributed by atoms with E-state index in [4.69, 9.17) is 0 Å². The quantitative estimate of drug-likeness (QED) is 0.0607. The Kier molecular flexibility index (Phi) is 53.8. The molecule has 2 amide bonds. The molecular weight excluding hydrogens is 903 g/mol. The third-order valence-corrected chi connectivity index (χ3v) is 15.9. The summed E-state index contributed by atoms with van der Waals surface area (Å²) in [5, 5.41) is 10.1. The van der Waals surface area contributed by atoms with E-state index in [1.165, 1.54) is 238 Å².